The van der Waals surface area contributed by atoms with Gasteiger partial charge in [-0.15, -0.1) is 0 Å². The van der Waals surface area contributed by atoms with Crippen molar-refractivity contribution in [1.29, 1.82) is 0 Å². The van der Waals surface area contributed by atoms with Crippen LogP contribution in [0.15, 0.2) is 12.1 Å². The van der Waals surface area contributed by atoms with E-state index in [0.29, 0.717) is 30.0 Å². The van der Waals surface area contributed by atoms with Crippen molar-refractivity contribution < 1.29 is 9.84 Å². The SMILES string of the molecule is CC(C)COc1nc(N(C)CC2CC(O)C2)ccc1N. The van der Waals surface area contributed by atoms with Crippen molar-refractivity contribution in [2.75, 3.05) is 30.8 Å². The number of nitrogens with two attached hydrogens (primary N) is 1. The number of hydrogen-bond acceptors (Lipinski definition) is 5. The van der Waals surface area contributed by atoms with Crippen molar-refractivity contribution in [2.45, 2.75) is 32.8 Å². The minimum absolute atomic E-state index is 0.113. The molecule has 0 aromatic carbocycles. The van der Waals surface area contributed by atoms with Crippen LogP contribution in [0, 0.1) is 11.8 Å². The summed E-state index contributed by atoms with van der Waals surface area (Å²) in [5.74, 6) is 2.36. The van der Waals surface area contributed by atoms with Crippen LogP contribution in [0.5, 0.6) is 5.88 Å². The minimum Gasteiger partial charge on any atom is -0.476 e. The summed E-state index contributed by atoms with van der Waals surface area (Å²) in [6, 6.07) is 3.75. The van der Waals surface area contributed by atoms with Crippen LogP contribution >= 0.6 is 0 Å². The monoisotopic (exact) mass is 279 g/mol. The lowest BCUT2D eigenvalue weighted by Gasteiger charge is -2.34. The van der Waals surface area contributed by atoms with E-state index in [9.17, 15) is 5.11 Å². The molecule has 1 fully saturated rings. The highest BCUT2D eigenvalue weighted by Gasteiger charge is 2.28. The molecule has 0 bridgehead atoms. The minimum atomic E-state index is -0.113. The van der Waals surface area contributed by atoms with Crippen LogP contribution in [0.25, 0.3) is 0 Å². The molecule has 0 amide bonds. The summed E-state index contributed by atoms with van der Waals surface area (Å²) in [5.41, 5.74) is 6.46. The number of rotatable bonds is 6. The Balaban J connectivity index is 1.98. The maximum atomic E-state index is 9.33. The predicted molar refractivity (Wildman–Crippen MR) is 81.0 cm³/mol. The molecule has 1 saturated carbocycles. The lowest BCUT2D eigenvalue weighted by Crippen LogP contribution is -2.37. The molecule has 0 saturated heterocycles. The number of aliphatic hydroxyl groups is 1. The summed E-state index contributed by atoms with van der Waals surface area (Å²) < 4.78 is 5.65. The highest BCUT2D eigenvalue weighted by molar-refractivity contribution is 5.54. The van der Waals surface area contributed by atoms with Gasteiger partial charge in [-0.3, -0.25) is 0 Å². The quantitative estimate of drug-likeness (QED) is 0.832. The number of nitrogens with zero attached hydrogens (tertiary/aromatic N) is 2. The van der Waals surface area contributed by atoms with Crippen molar-refractivity contribution in [1.82, 2.24) is 4.98 Å². The standard InChI is InChI=1S/C15H25N3O2/c1-10(2)9-20-15-13(16)4-5-14(17-15)18(3)8-11-6-12(19)7-11/h4-5,10-12,19H,6-9,16H2,1-3H3. The second-order valence-corrected chi connectivity index (χ2v) is 6.14. The fraction of sp³-hybridized carbons (Fsp3) is 0.667. The van der Waals surface area contributed by atoms with Crippen LogP contribution in [-0.4, -0.2) is 36.4 Å². The molecule has 20 heavy (non-hydrogen) atoms. The van der Waals surface area contributed by atoms with Gasteiger partial charge in [0.15, 0.2) is 0 Å². The van der Waals surface area contributed by atoms with E-state index in [1.807, 2.05) is 19.2 Å². The van der Waals surface area contributed by atoms with Crippen molar-refractivity contribution in [3.63, 3.8) is 0 Å². The Morgan fingerprint density at radius 3 is 2.75 bits per heavy atom. The largest absolute Gasteiger partial charge is 0.476 e. The van der Waals surface area contributed by atoms with Gasteiger partial charge in [-0.25, -0.2) is 0 Å². The smallest absolute Gasteiger partial charge is 0.239 e. The van der Waals surface area contributed by atoms with Crippen LogP contribution in [0.3, 0.4) is 0 Å². The Morgan fingerprint density at radius 1 is 1.45 bits per heavy atom. The van der Waals surface area contributed by atoms with Gasteiger partial charge >= 0.3 is 0 Å². The van der Waals surface area contributed by atoms with Gasteiger partial charge in [0.05, 0.1) is 18.4 Å². The maximum Gasteiger partial charge on any atom is 0.239 e. The Bertz CT molecular complexity index is 445. The summed E-state index contributed by atoms with van der Waals surface area (Å²) in [4.78, 5) is 6.59. The molecular formula is C15H25N3O2. The maximum absolute atomic E-state index is 9.33. The van der Waals surface area contributed by atoms with Gasteiger partial charge in [0, 0.05) is 13.6 Å². The fourth-order valence-corrected chi connectivity index (χ4v) is 2.35. The first-order valence-corrected chi connectivity index (χ1v) is 7.24. The van der Waals surface area contributed by atoms with Gasteiger partial charge in [0.1, 0.15) is 5.82 Å². The van der Waals surface area contributed by atoms with Crippen LogP contribution in [-0.2, 0) is 0 Å². The lowest BCUT2D eigenvalue weighted by atomic mass is 9.82. The highest BCUT2D eigenvalue weighted by atomic mass is 16.5. The van der Waals surface area contributed by atoms with E-state index < -0.39 is 0 Å². The van der Waals surface area contributed by atoms with Gasteiger partial charge in [-0.05, 0) is 36.8 Å². The molecular weight excluding hydrogens is 254 g/mol. The molecule has 1 aliphatic rings. The zero-order valence-corrected chi connectivity index (χ0v) is 12.5. The summed E-state index contributed by atoms with van der Waals surface area (Å²) in [5, 5.41) is 9.33. The van der Waals surface area contributed by atoms with E-state index in [1.54, 1.807) is 0 Å². The van der Waals surface area contributed by atoms with Gasteiger partial charge < -0.3 is 20.5 Å². The lowest BCUT2D eigenvalue weighted by molar-refractivity contribution is 0.0464. The van der Waals surface area contributed by atoms with Crippen LogP contribution < -0.4 is 15.4 Å². The van der Waals surface area contributed by atoms with Crippen LogP contribution in [0.1, 0.15) is 26.7 Å². The molecule has 0 aliphatic heterocycles. The number of anilines is 2. The van der Waals surface area contributed by atoms with E-state index in [4.69, 9.17) is 10.5 Å². The van der Waals surface area contributed by atoms with Gasteiger partial charge in [0.2, 0.25) is 5.88 Å². The predicted octanol–water partition coefficient (Wildman–Crippen LogP) is 1.91. The number of hydrogen-bond donors (Lipinski definition) is 2. The molecule has 0 radical (unpaired) electrons. The number of aliphatic hydroxyl groups excluding tert-OH is 1. The van der Waals surface area contributed by atoms with Crippen molar-refractivity contribution >= 4 is 11.5 Å². The first kappa shape index (κ1) is 14.9. The Morgan fingerprint density at radius 2 is 2.15 bits per heavy atom. The van der Waals surface area contributed by atoms with Crippen molar-refractivity contribution in [3.05, 3.63) is 12.1 Å². The molecule has 0 unspecified atom stereocenters. The molecule has 5 heteroatoms. The van der Waals surface area contributed by atoms with E-state index >= 15 is 0 Å². The topological polar surface area (TPSA) is 71.6 Å². The van der Waals surface area contributed by atoms with E-state index in [1.165, 1.54) is 0 Å². The summed E-state index contributed by atoms with van der Waals surface area (Å²) in [7, 11) is 2.01. The number of nitrogen functional groups attached to an aromatic ring is 1. The highest BCUT2D eigenvalue weighted by Crippen LogP contribution is 2.29. The molecule has 1 aromatic rings. The van der Waals surface area contributed by atoms with Gasteiger partial charge in [-0.2, -0.15) is 4.98 Å². The van der Waals surface area contributed by atoms with Crippen LogP contribution in [0.4, 0.5) is 11.5 Å². The molecule has 1 heterocycles. The second-order valence-electron chi connectivity index (χ2n) is 6.14. The van der Waals surface area contributed by atoms with Crippen LogP contribution in [0.2, 0.25) is 0 Å². The van der Waals surface area contributed by atoms with Crippen molar-refractivity contribution in [3.8, 4) is 5.88 Å². The average Bonchev–Trinajstić information content (AvgIpc) is 2.35. The van der Waals surface area contributed by atoms with Crippen molar-refractivity contribution in [2.24, 2.45) is 11.8 Å². The number of aromatic nitrogens is 1. The Hall–Kier alpha value is -1.49. The molecule has 2 rings (SSSR count). The van der Waals surface area contributed by atoms with E-state index in [0.717, 1.165) is 25.2 Å². The Kier molecular flexibility index (Phi) is 4.70. The molecule has 0 spiro atoms. The second kappa shape index (κ2) is 6.31. The number of pyridine rings is 1. The Labute approximate surface area is 120 Å². The molecule has 5 nitrogen and oxygen atoms in total. The zero-order chi connectivity index (χ0) is 14.7. The summed E-state index contributed by atoms with van der Waals surface area (Å²) in [6.07, 6.45) is 1.66. The first-order valence-electron chi connectivity index (χ1n) is 7.24. The molecule has 1 aliphatic carbocycles. The zero-order valence-electron chi connectivity index (χ0n) is 12.5. The molecule has 1 aromatic heterocycles. The van der Waals surface area contributed by atoms with E-state index in [-0.39, 0.29) is 6.10 Å². The third-order valence-electron chi connectivity index (χ3n) is 3.56. The average molecular weight is 279 g/mol. The number of ether oxygens (including phenoxy) is 1. The third-order valence-corrected chi connectivity index (χ3v) is 3.56. The summed E-state index contributed by atoms with van der Waals surface area (Å²) in [6.45, 7) is 5.69. The van der Waals surface area contributed by atoms with Gasteiger partial charge in [0.25, 0.3) is 0 Å². The normalized spacial score (nSPS) is 21.6. The van der Waals surface area contributed by atoms with E-state index in [2.05, 4.69) is 23.7 Å². The molecule has 0 atom stereocenters. The first-order chi connectivity index (χ1) is 9.45. The molecule has 3 N–H and O–H groups in total. The van der Waals surface area contributed by atoms with Gasteiger partial charge in [-0.1, -0.05) is 13.8 Å². The fourth-order valence-electron chi connectivity index (χ4n) is 2.35. The third kappa shape index (κ3) is 3.76. The molecule has 112 valence electrons. The summed E-state index contributed by atoms with van der Waals surface area (Å²) >= 11 is 0.